The Hall–Kier alpha value is -3.26. The van der Waals surface area contributed by atoms with Gasteiger partial charge in [0.05, 0.1) is 12.5 Å². The van der Waals surface area contributed by atoms with Crippen LogP contribution in [0.2, 0.25) is 0 Å². The van der Waals surface area contributed by atoms with Gasteiger partial charge in [-0.2, -0.15) is 0 Å². The monoisotopic (exact) mass is 697 g/mol. The number of unbranched alkanes of at least 4 members (excludes halogenated alkanes) is 7. The molecule has 0 aromatic rings. The fraction of sp³-hybridized carbons (Fsp3) is 0.829. The van der Waals surface area contributed by atoms with Gasteiger partial charge in [-0.15, -0.1) is 0 Å². The van der Waals surface area contributed by atoms with E-state index in [1.807, 2.05) is 20.8 Å². The van der Waals surface area contributed by atoms with Crippen LogP contribution < -0.4 is 21.3 Å². The quantitative estimate of drug-likeness (QED) is 0.103. The Morgan fingerprint density at radius 1 is 0.735 bits per heavy atom. The molecular weight excluding hydrogens is 634 g/mol. The minimum atomic E-state index is -1.47. The van der Waals surface area contributed by atoms with Crippen LogP contribution in [0.3, 0.4) is 0 Å². The predicted octanol–water partition coefficient (Wildman–Crippen LogP) is 1.70. The van der Waals surface area contributed by atoms with Crippen LogP contribution in [0.1, 0.15) is 118 Å². The third-order valence-electron chi connectivity index (χ3n) is 8.87. The van der Waals surface area contributed by atoms with Crippen molar-refractivity contribution in [2.45, 2.75) is 148 Å². The highest BCUT2D eigenvalue weighted by molar-refractivity contribution is 5.96. The normalized spacial score (nSPS) is 25.4. The number of likely N-dealkylation sites (N-methyl/N-ethyl adjacent to an activating group) is 1. The lowest BCUT2D eigenvalue weighted by atomic mass is 9.94. The van der Waals surface area contributed by atoms with Crippen LogP contribution in [0, 0.1) is 11.8 Å². The molecule has 6 N–H and O–H groups in total. The number of hydrogen-bond donors (Lipinski definition) is 6. The van der Waals surface area contributed by atoms with Gasteiger partial charge in [-0.1, -0.05) is 86.0 Å². The van der Waals surface area contributed by atoms with Gasteiger partial charge < -0.3 is 41.1 Å². The van der Waals surface area contributed by atoms with E-state index in [0.717, 1.165) is 25.7 Å². The Labute approximate surface area is 292 Å². The van der Waals surface area contributed by atoms with E-state index in [-0.39, 0.29) is 18.8 Å². The summed E-state index contributed by atoms with van der Waals surface area (Å²) in [4.78, 5) is 81.4. The maximum absolute atomic E-state index is 13.9. The fourth-order valence-electron chi connectivity index (χ4n) is 5.87. The number of carbonyl (C=O) groups is 6. The molecule has 1 fully saturated rings. The number of ether oxygens (including phenoxy) is 1. The van der Waals surface area contributed by atoms with Crippen LogP contribution in [-0.4, -0.2) is 108 Å². The molecule has 0 aliphatic carbocycles. The van der Waals surface area contributed by atoms with E-state index in [2.05, 4.69) is 28.2 Å². The Morgan fingerprint density at radius 3 is 1.86 bits per heavy atom. The Morgan fingerprint density at radius 2 is 1.29 bits per heavy atom. The van der Waals surface area contributed by atoms with E-state index in [4.69, 9.17) is 4.74 Å². The van der Waals surface area contributed by atoms with Gasteiger partial charge in [-0.05, 0) is 38.0 Å². The summed E-state index contributed by atoms with van der Waals surface area (Å²) in [5.41, 5.74) is 0. The van der Waals surface area contributed by atoms with Crippen molar-refractivity contribution in [3.05, 3.63) is 0 Å². The first-order valence-corrected chi connectivity index (χ1v) is 18.2. The van der Waals surface area contributed by atoms with E-state index in [1.165, 1.54) is 31.2 Å². The molecule has 0 saturated carbocycles. The molecule has 0 aromatic heterocycles. The molecule has 1 rings (SSSR count). The molecule has 0 unspecified atom stereocenters. The van der Waals surface area contributed by atoms with Crippen molar-refractivity contribution in [1.29, 1.82) is 0 Å². The molecule has 49 heavy (non-hydrogen) atoms. The molecule has 0 radical (unpaired) electrons. The first kappa shape index (κ1) is 43.8. The van der Waals surface area contributed by atoms with E-state index in [1.54, 1.807) is 6.92 Å². The zero-order valence-electron chi connectivity index (χ0n) is 30.6. The predicted molar refractivity (Wildman–Crippen MR) is 185 cm³/mol. The van der Waals surface area contributed by atoms with Crippen molar-refractivity contribution < 1.29 is 43.7 Å². The maximum atomic E-state index is 13.9. The third kappa shape index (κ3) is 15.9. The topological polar surface area (TPSA) is 203 Å². The maximum Gasteiger partial charge on any atom is 0.325 e. The van der Waals surface area contributed by atoms with Crippen molar-refractivity contribution in [3.63, 3.8) is 0 Å². The average Bonchev–Trinajstić information content (AvgIpc) is 3.06. The number of aliphatic hydroxyl groups is 2. The highest BCUT2D eigenvalue weighted by Gasteiger charge is 2.37. The molecule has 1 aliphatic rings. The third-order valence-corrected chi connectivity index (χ3v) is 8.87. The molecule has 6 atom stereocenters. The van der Waals surface area contributed by atoms with Gasteiger partial charge in [0.15, 0.2) is 0 Å². The molecule has 1 heterocycles. The lowest BCUT2D eigenvalue weighted by molar-refractivity contribution is -0.157. The van der Waals surface area contributed by atoms with Gasteiger partial charge in [0.25, 0.3) is 0 Å². The highest BCUT2D eigenvalue weighted by atomic mass is 16.5. The minimum absolute atomic E-state index is 0.00487. The fourth-order valence-corrected chi connectivity index (χ4v) is 5.87. The number of esters is 1. The SMILES string of the molecule is CCCCCCCCCC[C@H]1OC(=O)CNC(=O)[C@H](CCO)NC(=O)[C@H](CO)NC(=O)[C@H](CCC)NC(=O)[C@H](CC(C)C)N(C)C(=O)[C@@H]1C. The van der Waals surface area contributed by atoms with Crippen LogP contribution in [0.15, 0.2) is 0 Å². The van der Waals surface area contributed by atoms with E-state index < -0.39 is 91.5 Å². The van der Waals surface area contributed by atoms with Crippen molar-refractivity contribution in [3.8, 4) is 0 Å². The zero-order chi connectivity index (χ0) is 36.9. The molecule has 14 nitrogen and oxygen atoms in total. The van der Waals surface area contributed by atoms with Gasteiger partial charge in [-0.25, -0.2) is 0 Å². The molecule has 0 bridgehead atoms. The number of amides is 5. The van der Waals surface area contributed by atoms with Gasteiger partial charge in [0.1, 0.15) is 36.8 Å². The van der Waals surface area contributed by atoms with Crippen LogP contribution >= 0.6 is 0 Å². The Balaban J connectivity index is 3.43. The molecule has 0 aromatic carbocycles. The van der Waals surface area contributed by atoms with Crippen LogP contribution in [0.25, 0.3) is 0 Å². The smallest absolute Gasteiger partial charge is 0.325 e. The second-order valence-electron chi connectivity index (χ2n) is 13.6. The number of carbonyl (C=O) groups excluding carboxylic acids is 6. The van der Waals surface area contributed by atoms with E-state index >= 15 is 0 Å². The molecule has 0 spiro atoms. The van der Waals surface area contributed by atoms with Crippen molar-refractivity contribution in [2.24, 2.45) is 11.8 Å². The summed E-state index contributed by atoms with van der Waals surface area (Å²) >= 11 is 0. The van der Waals surface area contributed by atoms with Crippen LogP contribution in [0.5, 0.6) is 0 Å². The second-order valence-corrected chi connectivity index (χ2v) is 13.6. The van der Waals surface area contributed by atoms with Crippen molar-refractivity contribution in [1.82, 2.24) is 26.2 Å². The molecule has 1 saturated heterocycles. The number of hydrogen-bond acceptors (Lipinski definition) is 9. The summed E-state index contributed by atoms with van der Waals surface area (Å²) in [5.74, 6) is -4.96. The standard InChI is InChI=1S/C35H63N5O9/c1-7-9-10-11-12-13-14-15-17-29-24(5)35(48)40(6)28(20-23(3)4)34(47)38-25(16-8-2)32(45)39-27(22-42)33(46)37-26(18-19-41)31(44)36-21-30(43)49-29/h23-29,41-42H,7-22H2,1-6H3,(H,36,44)(H,37,46)(H,38,47)(H,39,45)/t24-,25+,26+,27+,28+,29-/m1/s1. The van der Waals surface area contributed by atoms with Crippen LogP contribution in [-0.2, 0) is 33.5 Å². The number of nitrogens with zero attached hydrogens (tertiary/aromatic N) is 1. The molecular formula is C35H63N5O9. The van der Waals surface area contributed by atoms with Gasteiger partial charge >= 0.3 is 5.97 Å². The highest BCUT2D eigenvalue weighted by Crippen LogP contribution is 2.22. The summed E-state index contributed by atoms with van der Waals surface area (Å²) in [6, 6.07) is -4.79. The Bertz CT molecular complexity index is 1060. The molecule has 282 valence electrons. The van der Waals surface area contributed by atoms with Crippen molar-refractivity contribution in [2.75, 3.05) is 26.8 Å². The first-order valence-electron chi connectivity index (χ1n) is 18.2. The molecule has 1 aliphatic heterocycles. The number of nitrogens with one attached hydrogen (secondary N) is 4. The molecule has 14 heteroatoms. The Kier molecular flexibility index (Phi) is 21.4. The molecule has 5 amide bonds. The van der Waals surface area contributed by atoms with Gasteiger partial charge in [0.2, 0.25) is 29.5 Å². The summed E-state index contributed by atoms with van der Waals surface area (Å²) in [6.45, 7) is 7.62. The first-order chi connectivity index (χ1) is 23.3. The largest absolute Gasteiger partial charge is 0.460 e. The summed E-state index contributed by atoms with van der Waals surface area (Å²) < 4.78 is 5.79. The average molecular weight is 698 g/mol. The van der Waals surface area contributed by atoms with E-state index in [0.29, 0.717) is 25.7 Å². The zero-order valence-corrected chi connectivity index (χ0v) is 30.6. The minimum Gasteiger partial charge on any atom is -0.460 e. The lowest BCUT2D eigenvalue weighted by Gasteiger charge is -2.34. The van der Waals surface area contributed by atoms with Gasteiger partial charge in [-0.3, -0.25) is 28.8 Å². The lowest BCUT2D eigenvalue weighted by Crippen LogP contribution is -2.59. The van der Waals surface area contributed by atoms with Crippen LogP contribution in [0.4, 0.5) is 0 Å². The number of aliphatic hydroxyl groups excluding tert-OH is 2. The summed E-state index contributed by atoms with van der Waals surface area (Å²) in [6.07, 6.45) is 8.82. The van der Waals surface area contributed by atoms with Crippen molar-refractivity contribution >= 4 is 35.5 Å². The number of cyclic esters (lactones) is 1. The summed E-state index contributed by atoms with van der Waals surface area (Å²) in [5, 5.41) is 29.5. The number of rotatable bonds is 16. The summed E-state index contributed by atoms with van der Waals surface area (Å²) in [7, 11) is 1.52. The second kappa shape index (κ2) is 24.0. The van der Waals surface area contributed by atoms with E-state index in [9.17, 15) is 39.0 Å². The van der Waals surface area contributed by atoms with Gasteiger partial charge in [0, 0.05) is 13.7 Å².